The first kappa shape index (κ1) is 14.5. The molecule has 0 aromatic heterocycles. The Morgan fingerprint density at radius 1 is 1.44 bits per heavy atom. The molecule has 0 amide bonds. The Morgan fingerprint density at radius 3 is 2.67 bits per heavy atom. The molecule has 0 heterocycles. The number of nitrogens with two attached hydrogens (primary N) is 1. The van der Waals surface area contributed by atoms with Crippen LogP contribution in [-0.4, -0.2) is 33.2 Å². The van der Waals surface area contributed by atoms with E-state index in [4.69, 9.17) is 10.5 Å². The van der Waals surface area contributed by atoms with Gasteiger partial charge in [0.2, 0.25) is 0 Å². The summed E-state index contributed by atoms with van der Waals surface area (Å²) in [5.41, 5.74) is 7.32. The minimum Gasteiger partial charge on any atom is -0.465 e. The van der Waals surface area contributed by atoms with E-state index in [-0.39, 0.29) is 11.4 Å². The number of hydrogen-bond donors (Lipinski definition) is 1. The van der Waals surface area contributed by atoms with Gasteiger partial charge in [0.1, 0.15) is 0 Å². The fraction of sp³-hybridized carbons (Fsp3) is 0.500. The minimum absolute atomic E-state index is 0.0377. The quantitative estimate of drug-likeness (QED) is 0.811. The molecule has 18 heavy (non-hydrogen) atoms. The van der Waals surface area contributed by atoms with E-state index in [2.05, 4.69) is 18.7 Å². The molecular weight excluding hydrogens is 228 g/mol. The van der Waals surface area contributed by atoms with E-state index < -0.39 is 0 Å². The van der Waals surface area contributed by atoms with Gasteiger partial charge in [-0.1, -0.05) is 19.9 Å². The molecule has 0 aliphatic carbocycles. The van der Waals surface area contributed by atoms with Crippen LogP contribution in [0.1, 0.15) is 24.2 Å². The van der Waals surface area contributed by atoms with Gasteiger partial charge in [-0.05, 0) is 30.2 Å². The molecule has 0 atom stereocenters. The zero-order valence-electron chi connectivity index (χ0n) is 11.6. The third-order valence-corrected chi connectivity index (χ3v) is 2.93. The number of carbonyl (C=O) groups is 1. The molecule has 0 spiro atoms. The van der Waals surface area contributed by atoms with Crippen molar-refractivity contribution in [1.82, 2.24) is 0 Å². The fourth-order valence-electron chi connectivity index (χ4n) is 1.79. The third kappa shape index (κ3) is 3.74. The van der Waals surface area contributed by atoms with Gasteiger partial charge in [0.25, 0.3) is 0 Å². The van der Waals surface area contributed by atoms with Gasteiger partial charge in [-0.3, -0.25) is 0 Å². The van der Waals surface area contributed by atoms with Crippen molar-refractivity contribution in [3.05, 3.63) is 29.8 Å². The Bertz CT molecular complexity index is 416. The van der Waals surface area contributed by atoms with Crippen molar-refractivity contribution in [2.24, 2.45) is 11.1 Å². The number of carbonyl (C=O) groups excluding carboxylic acids is 1. The van der Waals surface area contributed by atoms with Crippen LogP contribution in [0.2, 0.25) is 0 Å². The summed E-state index contributed by atoms with van der Waals surface area (Å²) in [6.07, 6.45) is 0. The molecule has 0 saturated heterocycles. The highest BCUT2D eigenvalue weighted by molar-refractivity contribution is 5.90. The summed E-state index contributed by atoms with van der Waals surface area (Å²) in [4.78, 5) is 13.6. The van der Waals surface area contributed by atoms with Crippen LogP contribution in [0.4, 0.5) is 5.69 Å². The van der Waals surface area contributed by atoms with E-state index in [9.17, 15) is 4.79 Å². The average molecular weight is 250 g/mol. The highest BCUT2D eigenvalue weighted by Gasteiger charge is 2.18. The van der Waals surface area contributed by atoms with E-state index in [1.54, 1.807) is 6.07 Å². The van der Waals surface area contributed by atoms with E-state index in [1.807, 2.05) is 25.2 Å². The van der Waals surface area contributed by atoms with Gasteiger partial charge in [0, 0.05) is 19.3 Å². The van der Waals surface area contributed by atoms with Gasteiger partial charge in [-0.15, -0.1) is 0 Å². The number of ether oxygens (including phenoxy) is 1. The Kier molecular flexibility index (Phi) is 4.73. The Hall–Kier alpha value is -1.55. The molecule has 1 aromatic rings. The van der Waals surface area contributed by atoms with Gasteiger partial charge in [0.05, 0.1) is 12.7 Å². The first-order valence-corrected chi connectivity index (χ1v) is 5.99. The Balaban J connectivity index is 2.86. The normalized spacial score (nSPS) is 11.2. The summed E-state index contributed by atoms with van der Waals surface area (Å²) in [5, 5.41) is 0. The number of rotatable bonds is 5. The summed E-state index contributed by atoms with van der Waals surface area (Å²) in [5.74, 6) is -0.316. The highest BCUT2D eigenvalue weighted by Crippen LogP contribution is 2.21. The molecule has 100 valence electrons. The monoisotopic (exact) mass is 250 g/mol. The van der Waals surface area contributed by atoms with Crippen LogP contribution in [-0.2, 0) is 4.74 Å². The van der Waals surface area contributed by atoms with Gasteiger partial charge >= 0.3 is 5.97 Å². The molecule has 2 N–H and O–H groups in total. The largest absolute Gasteiger partial charge is 0.465 e. The van der Waals surface area contributed by atoms with Crippen LogP contribution in [0.25, 0.3) is 0 Å². The first-order valence-electron chi connectivity index (χ1n) is 5.99. The van der Waals surface area contributed by atoms with Crippen molar-refractivity contribution < 1.29 is 9.53 Å². The van der Waals surface area contributed by atoms with Crippen LogP contribution in [0.15, 0.2) is 24.3 Å². The molecule has 4 heteroatoms. The number of nitrogens with zero attached hydrogens (tertiary/aromatic N) is 1. The molecule has 0 unspecified atom stereocenters. The summed E-state index contributed by atoms with van der Waals surface area (Å²) < 4.78 is 4.72. The van der Waals surface area contributed by atoms with Crippen LogP contribution in [0, 0.1) is 5.41 Å². The van der Waals surface area contributed by atoms with Crippen molar-refractivity contribution in [3.63, 3.8) is 0 Å². The van der Waals surface area contributed by atoms with Gasteiger partial charge in [-0.2, -0.15) is 0 Å². The molecule has 4 nitrogen and oxygen atoms in total. The topological polar surface area (TPSA) is 55.6 Å². The van der Waals surface area contributed by atoms with Gasteiger partial charge in [-0.25, -0.2) is 4.79 Å². The van der Waals surface area contributed by atoms with Crippen molar-refractivity contribution >= 4 is 11.7 Å². The summed E-state index contributed by atoms with van der Waals surface area (Å²) in [7, 11) is 3.38. The van der Waals surface area contributed by atoms with Gasteiger partial charge in [0.15, 0.2) is 0 Å². The maximum absolute atomic E-state index is 11.5. The third-order valence-electron chi connectivity index (χ3n) is 2.93. The first-order chi connectivity index (χ1) is 8.39. The van der Waals surface area contributed by atoms with Crippen molar-refractivity contribution in [2.45, 2.75) is 13.8 Å². The van der Waals surface area contributed by atoms with Crippen molar-refractivity contribution in [3.8, 4) is 0 Å². The summed E-state index contributed by atoms with van der Waals surface area (Å²) >= 11 is 0. The van der Waals surface area contributed by atoms with Crippen molar-refractivity contribution in [2.75, 3.05) is 32.1 Å². The van der Waals surface area contributed by atoms with E-state index >= 15 is 0 Å². The molecule has 0 fully saturated rings. The second kappa shape index (κ2) is 5.87. The number of esters is 1. The lowest BCUT2D eigenvalue weighted by atomic mass is 9.93. The minimum atomic E-state index is -0.316. The molecule has 1 aromatic carbocycles. The molecule has 1 rings (SSSR count). The lowest BCUT2D eigenvalue weighted by Crippen LogP contribution is -2.36. The Labute approximate surface area is 109 Å². The predicted molar refractivity (Wildman–Crippen MR) is 73.9 cm³/mol. The number of methoxy groups -OCH3 is 1. The molecular formula is C14H22N2O2. The van der Waals surface area contributed by atoms with Crippen molar-refractivity contribution in [1.29, 1.82) is 0 Å². The molecule has 0 radical (unpaired) electrons. The number of anilines is 1. The van der Waals surface area contributed by atoms with E-state index in [0.29, 0.717) is 12.1 Å². The summed E-state index contributed by atoms with van der Waals surface area (Å²) in [6, 6.07) is 7.41. The zero-order chi connectivity index (χ0) is 13.8. The van der Waals surface area contributed by atoms with E-state index in [0.717, 1.165) is 12.2 Å². The zero-order valence-corrected chi connectivity index (χ0v) is 11.6. The second-order valence-corrected chi connectivity index (χ2v) is 5.27. The van der Waals surface area contributed by atoms with Crippen LogP contribution < -0.4 is 10.6 Å². The van der Waals surface area contributed by atoms with E-state index in [1.165, 1.54) is 7.11 Å². The number of benzene rings is 1. The average Bonchev–Trinajstić information content (AvgIpc) is 2.37. The smallest absolute Gasteiger partial charge is 0.337 e. The number of hydrogen-bond acceptors (Lipinski definition) is 4. The SMILES string of the molecule is COC(=O)c1cccc(N(C)CC(C)(C)CN)c1. The maximum Gasteiger partial charge on any atom is 0.337 e. The van der Waals surface area contributed by atoms with Crippen LogP contribution in [0.3, 0.4) is 0 Å². The van der Waals surface area contributed by atoms with Crippen LogP contribution >= 0.6 is 0 Å². The highest BCUT2D eigenvalue weighted by atomic mass is 16.5. The standard InChI is InChI=1S/C14H22N2O2/c1-14(2,9-15)10-16(3)12-7-5-6-11(8-12)13(17)18-4/h5-8H,9-10,15H2,1-4H3. The van der Waals surface area contributed by atoms with Crippen LogP contribution in [0.5, 0.6) is 0 Å². The molecule has 0 aliphatic heterocycles. The molecule has 0 bridgehead atoms. The Morgan fingerprint density at radius 2 is 2.11 bits per heavy atom. The molecule has 0 aliphatic rings. The lowest BCUT2D eigenvalue weighted by Gasteiger charge is -2.30. The predicted octanol–water partition coefficient (Wildman–Crippen LogP) is 1.89. The molecule has 0 saturated carbocycles. The lowest BCUT2D eigenvalue weighted by molar-refractivity contribution is 0.0601. The maximum atomic E-state index is 11.5. The van der Waals surface area contributed by atoms with Gasteiger partial charge < -0.3 is 15.4 Å². The fourth-order valence-corrected chi connectivity index (χ4v) is 1.79. The second-order valence-electron chi connectivity index (χ2n) is 5.27. The summed E-state index contributed by atoms with van der Waals surface area (Å²) in [6.45, 7) is 5.68.